The molecule has 0 radical (unpaired) electrons. The van der Waals surface area contributed by atoms with Crippen LogP contribution in [0.25, 0.3) is 11.0 Å². The first-order valence-corrected chi connectivity index (χ1v) is 10.1. The number of para-hydroxylation sites is 2. The van der Waals surface area contributed by atoms with Crippen molar-refractivity contribution in [3.05, 3.63) is 59.9 Å². The highest BCUT2D eigenvalue weighted by atomic mass is 16.5. The summed E-state index contributed by atoms with van der Waals surface area (Å²) in [5.74, 6) is 2.14. The highest BCUT2D eigenvalue weighted by Gasteiger charge is 2.24. The summed E-state index contributed by atoms with van der Waals surface area (Å²) in [7, 11) is 0. The summed E-state index contributed by atoms with van der Waals surface area (Å²) in [6, 6.07) is 17.1. The summed E-state index contributed by atoms with van der Waals surface area (Å²) in [5, 5.41) is 0. The largest absolute Gasteiger partial charge is 0.494 e. The quantitative estimate of drug-likeness (QED) is 0.555. The Bertz CT molecular complexity index is 896. The fourth-order valence-electron chi connectivity index (χ4n) is 4.06. The Hall–Kier alpha value is -2.33. The zero-order valence-corrected chi connectivity index (χ0v) is 16.4. The molecule has 1 atom stereocenters. The van der Waals surface area contributed by atoms with Gasteiger partial charge in [-0.3, -0.25) is 4.90 Å². The molecule has 1 aliphatic heterocycles. The highest BCUT2D eigenvalue weighted by Crippen LogP contribution is 2.27. The molecule has 2 heterocycles. The van der Waals surface area contributed by atoms with Crippen LogP contribution in [0.4, 0.5) is 0 Å². The Kier molecular flexibility index (Phi) is 5.44. The van der Waals surface area contributed by atoms with Crippen LogP contribution in [-0.4, -0.2) is 34.1 Å². The van der Waals surface area contributed by atoms with E-state index in [1.54, 1.807) is 0 Å². The van der Waals surface area contributed by atoms with Crippen molar-refractivity contribution in [2.24, 2.45) is 0 Å². The van der Waals surface area contributed by atoms with Gasteiger partial charge in [0, 0.05) is 6.54 Å². The molecule has 1 aliphatic rings. The molecular formula is C23H29N3O. The minimum atomic E-state index is 0.359. The average molecular weight is 364 g/mol. The maximum atomic E-state index is 5.95. The summed E-state index contributed by atoms with van der Waals surface area (Å²) in [6.07, 6.45) is 3.57. The predicted molar refractivity (Wildman–Crippen MR) is 110 cm³/mol. The maximum absolute atomic E-state index is 5.95. The first-order valence-electron chi connectivity index (χ1n) is 10.1. The Balaban J connectivity index is 1.48. The van der Waals surface area contributed by atoms with E-state index in [0.717, 1.165) is 24.2 Å². The zero-order valence-electron chi connectivity index (χ0n) is 16.4. The van der Waals surface area contributed by atoms with Gasteiger partial charge in [0.1, 0.15) is 11.6 Å². The van der Waals surface area contributed by atoms with Crippen molar-refractivity contribution >= 4 is 11.0 Å². The smallest absolute Gasteiger partial charge is 0.127 e. The van der Waals surface area contributed by atoms with E-state index in [-0.39, 0.29) is 0 Å². The molecule has 3 aromatic rings. The molecule has 0 saturated carbocycles. The van der Waals surface area contributed by atoms with Gasteiger partial charge >= 0.3 is 0 Å². The second-order valence-corrected chi connectivity index (χ2v) is 7.55. The fraction of sp³-hybridized carbons (Fsp3) is 0.435. The van der Waals surface area contributed by atoms with Crippen molar-refractivity contribution in [2.45, 2.75) is 45.7 Å². The number of likely N-dealkylation sites (tertiary alicyclic amines) is 1. The number of aromatic nitrogens is 2. The van der Waals surface area contributed by atoms with Crippen molar-refractivity contribution in [3.8, 4) is 5.75 Å². The first-order chi connectivity index (χ1) is 13.2. The van der Waals surface area contributed by atoms with E-state index in [4.69, 9.17) is 9.72 Å². The fourth-order valence-corrected chi connectivity index (χ4v) is 4.06. The summed E-state index contributed by atoms with van der Waals surface area (Å²) >= 11 is 0. The molecule has 0 spiro atoms. The van der Waals surface area contributed by atoms with Crippen LogP contribution in [-0.2, 0) is 6.54 Å². The maximum Gasteiger partial charge on any atom is 0.127 e. The third-order valence-electron chi connectivity index (χ3n) is 5.53. The van der Waals surface area contributed by atoms with Crippen molar-refractivity contribution < 1.29 is 4.74 Å². The number of aryl methyl sites for hydroxylation is 2. The summed E-state index contributed by atoms with van der Waals surface area (Å²) in [4.78, 5) is 7.54. The summed E-state index contributed by atoms with van der Waals surface area (Å²) < 4.78 is 8.35. The highest BCUT2D eigenvalue weighted by molar-refractivity contribution is 5.76. The van der Waals surface area contributed by atoms with Crippen molar-refractivity contribution in [2.75, 3.05) is 19.7 Å². The average Bonchev–Trinajstić information content (AvgIpc) is 3.33. The number of fused-ring (bicyclic) bond motifs is 1. The number of nitrogens with zero attached hydrogens (tertiary/aromatic N) is 3. The van der Waals surface area contributed by atoms with Gasteiger partial charge in [0.2, 0.25) is 0 Å². The number of benzene rings is 2. The number of imidazole rings is 1. The standard InChI is InChI=1S/C23H29N3O/c1-18-9-7-10-20(17-18)27-16-8-15-26-22-12-4-3-11-21(22)24-23(26)19(2)25-13-5-6-14-25/h3-4,7,9-12,17,19H,5-6,8,13-16H2,1-2H3. The van der Waals surface area contributed by atoms with E-state index in [2.05, 4.69) is 59.7 Å². The van der Waals surface area contributed by atoms with E-state index in [1.807, 2.05) is 12.1 Å². The molecular weight excluding hydrogens is 334 g/mol. The third-order valence-corrected chi connectivity index (χ3v) is 5.53. The topological polar surface area (TPSA) is 30.3 Å². The molecule has 0 aliphatic carbocycles. The van der Waals surface area contributed by atoms with E-state index in [0.29, 0.717) is 12.6 Å². The monoisotopic (exact) mass is 363 g/mol. The molecule has 1 unspecified atom stereocenters. The molecule has 0 N–H and O–H groups in total. The van der Waals surface area contributed by atoms with Gasteiger partial charge in [0.15, 0.2) is 0 Å². The van der Waals surface area contributed by atoms with Crippen LogP contribution >= 0.6 is 0 Å². The molecule has 27 heavy (non-hydrogen) atoms. The molecule has 4 heteroatoms. The normalized spacial score (nSPS) is 16.1. The number of rotatable bonds is 7. The Morgan fingerprint density at radius 1 is 1.07 bits per heavy atom. The van der Waals surface area contributed by atoms with E-state index in [9.17, 15) is 0 Å². The predicted octanol–water partition coefficient (Wildman–Crippen LogP) is 4.97. The van der Waals surface area contributed by atoms with E-state index >= 15 is 0 Å². The molecule has 0 amide bonds. The molecule has 2 aromatic carbocycles. The molecule has 4 nitrogen and oxygen atoms in total. The van der Waals surface area contributed by atoms with Crippen LogP contribution in [0.3, 0.4) is 0 Å². The molecule has 4 rings (SSSR count). The van der Waals surface area contributed by atoms with Crippen LogP contribution in [0.5, 0.6) is 5.75 Å². The number of ether oxygens (including phenoxy) is 1. The SMILES string of the molecule is Cc1cccc(OCCCn2c(C(C)N3CCCC3)nc3ccccc32)c1. The number of hydrogen-bond donors (Lipinski definition) is 0. The van der Waals surface area contributed by atoms with Crippen LogP contribution < -0.4 is 4.74 Å². The molecule has 1 saturated heterocycles. The molecule has 0 bridgehead atoms. The Morgan fingerprint density at radius 2 is 1.89 bits per heavy atom. The lowest BCUT2D eigenvalue weighted by atomic mass is 10.2. The first kappa shape index (κ1) is 18.1. The molecule has 142 valence electrons. The van der Waals surface area contributed by atoms with Gasteiger partial charge in [-0.2, -0.15) is 0 Å². The van der Waals surface area contributed by atoms with E-state index in [1.165, 1.54) is 42.8 Å². The van der Waals surface area contributed by atoms with Gasteiger partial charge in [-0.25, -0.2) is 4.98 Å². The lowest BCUT2D eigenvalue weighted by Crippen LogP contribution is -2.26. The minimum Gasteiger partial charge on any atom is -0.494 e. The number of hydrogen-bond acceptors (Lipinski definition) is 3. The summed E-state index contributed by atoms with van der Waals surface area (Å²) in [6.45, 7) is 8.40. The zero-order chi connectivity index (χ0) is 18.6. The van der Waals surface area contributed by atoms with Gasteiger partial charge in [-0.05, 0) is 76.0 Å². The Labute approximate surface area is 161 Å². The lowest BCUT2D eigenvalue weighted by Gasteiger charge is -2.24. The lowest BCUT2D eigenvalue weighted by molar-refractivity contribution is 0.245. The minimum absolute atomic E-state index is 0.359. The van der Waals surface area contributed by atoms with Gasteiger partial charge in [-0.1, -0.05) is 24.3 Å². The van der Waals surface area contributed by atoms with Crippen LogP contribution in [0, 0.1) is 6.92 Å². The second kappa shape index (κ2) is 8.13. The van der Waals surface area contributed by atoms with Gasteiger partial charge < -0.3 is 9.30 Å². The van der Waals surface area contributed by atoms with Crippen LogP contribution in [0.2, 0.25) is 0 Å². The van der Waals surface area contributed by atoms with Gasteiger partial charge in [0.25, 0.3) is 0 Å². The summed E-state index contributed by atoms with van der Waals surface area (Å²) in [5.41, 5.74) is 3.56. The van der Waals surface area contributed by atoms with Gasteiger partial charge in [0.05, 0.1) is 23.7 Å². The van der Waals surface area contributed by atoms with Crippen molar-refractivity contribution in [1.82, 2.24) is 14.5 Å². The molecule has 1 aromatic heterocycles. The van der Waals surface area contributed by atoms with Crippen molar-refractivity contribution in [1.29, 1.82) is 0 Å². The van der Waals surface area contributed by atoms with Gasteiger partial charge in [-0.15, -0.1) is 0 Å². The van der Waals surface area contributed by atoms with E-state index < -0.39 is 0 Å². The third kappa shape index (κ3) is 4.01. The van der Waals surface area contributed by atoms with Crippen LogP contribution in [0.1, 0.15) is 43.6 Å². The van der Waals surface area contributed by atoms with Crippen LogP contribution in [0.15, 0.2) is 48.5 Å². The second-order valence-electron chi connectivity index (χ2n) is 7.55. The molecule has 1 fully saturated rings. The Morgan fingerprint density at radius 3 is 2.70 bits per heavy atom. The van der Waals surface area contributed by atoms with Crippen molar-refractivity contribution in [3.63, 3.8) is 0 Å².